The lowest BCUT2D eigenvalue weighted by Gasteiger charge is -2.11. The highest BCUT2D eigenvalue weighted by atomic mass is 35.5. The fourth-order valence-corrected chi connectivity index (χ4v) is 4.88. The van der Waals surface area contributed by atoms with Crippen LogP contribution in [0.25, 0.3) is 20.9 Å². The van der Waals surface area contributed by atoms with Gasteiger partial charge in [0.25, 0.3) is 5.91 Å². The Morgan fingerprint density at radius 3 is 2.62 bits per heavy atom. The number of carbonyl (C=O) groups excluding carboxylic acids is 2. The van der Waals surface area contributed by atoms with E-state index >= 15 is 0 Å². The molecule has 2 amide bonds. The number of hydrogen-bond donors (Lipinski definition) is 3. The monoisotopic (exact) mass is 483 g/mol. The molecule has 3 N–H and O–H groups in total. The normalized spacial score (nSPS) is 10.7. The summed E-state index contributed by atoms with van der Waals surface area (Å²) < 4.78 is 6.03. The molecule has 0 saturated carbocycles. The lowest BCUT2D eigenvalue weighted by atomic mass is 10.0. The van der Waals surface area contributed by atoms with Crippen molar-refractivity contribution < 1.29 is 14.3 Å². The second-order valence-corrected chi connectivity index (χ2v) is 8.72. The Bertz CT molecular complexity index is 1350. The van der Waals surface area contributed by atoms with Crippen molar-refractivity contribution in [3.8, 4) is 5.75 Å². The smallest absolute Gasteiger partial charge is 0.269 e. The standard InChI is InChI=1S/C23H18ClN3O3S2/c1-30-15-9-10-17-18(12-15)32-21(20(17)24)22(29)25-23(31)27-26-19(28)11-14-7-4-6-13-5-2-3-8-16(13)14/h2-10,12H,11H2,1H3,(H,26,28)(H2,25,27,29,31). The Hall–Kier alpha value is -3.20. The summed E-state index contributed by atoms with van der Waals surface area (Å²) in [6.45, 7) is 0. The molecule has 6 nitrogen and oxygen atoms in total. The number of rotatable bonds is 4. The molecular weight excluding hydrogens is 466 g/mol. The molecule has 1 heterocycles. The molecule has 0 aliphatic carbocycles. The molecule has 4 aromatic rings. The number of carbonyl (C=O) groups is 2. The lowest BCUT2D eigenvalue weighted by Crippen LogP contribution is -2.48. The van der Waals surface area contributed by atoms with Crippen LogP contribution in [-0.2, 0) is 11.2 Å². The minimum atomic E-state index is -0.462. The molecule has 0 spiro atoms. The quantitative estimate of drug-likeness (QED) is 0.292. The SMILES string of the molecule is COc1ccc2c(Cl)c(C(=O)NC(=S)NNC(=O)Cc3cccc4ccccc34)sc2c1. The van der Waals surface area contributed by atoms with Gasteiger partial charge in [-0.25, -0.2) is 0 Å². The topological polar surface area (TPSA) is 79.5 Å². The maximum absolute atomic E-state index is 12.6. The summed E-state index contributed by atoms with van der Waals surface area (Å²) in [6, 6.07) is 19.1. The van der Waals surface area contributed by atoms with Crippen molar-refractivity contribution in [1.82, 2.24) is 16.2 Å². The van der Waals surface area contributed by atoms with Gasteiger partial charge in [-0.05, 0) is 46.8 Å². The van der Waals surface area contributed by atoms with E-state index in [0.29, 0.717) is 15.6 Å². The summed E-state index contributed by atoms with van der Waals surface area (Å²) >= 11 is 12.7. The molecule has 0 fully saturated rings. The summed E-state index contributed by atoms with van der Waals surface area (Å²) in [5, 5.41) is 5.67. The van der Waals surface area contributed by atoms with Gasteiger partial charge in [-0.3, -0.25) is 25.8 Å². The molecule has 0 radical (unpaired) electrons. The maximum Gasteiger partial charge on any atom is 0.269 e. The Morgan fingerprint density at radius 1 is 1.03 bits per heavy atom. The van der Waals surface area contributed by atoms with Gasteiger partial charge in [0.2, 0.25) is 5.91 Å². The first-order chi connectivity index (χ1) is 15.5. The molecule has 0 aliphatic rings. The maximum atomic E-state index is 12.6. The molecule has 3 aromatic carbocycles. The van der Waals surface area contributed by atoms with Crippen LogP contribution in [0.15, 0.2) is 60.7 Å². The number of hydrazine groups is 1. The molecule has 0 saturated heterocycles. The summed E-state index contributed by atoms with van der Waals surface area (Å²) in [4.78, 5) is 25.3. The van der Waals surface area contributed by atoms with E-state index in [1.54, 1.807) is 19.2 Å². The lowest BCUT2D eigenvalue weighted by molar-refractivity contribution is -0.121. The number of ether oxygens (including phenoxy) is 1. The van der Waals surface area contributed by atoms with Crippen molar-refractivity contribution >= 4 is 72.9 Å². The number of thiophene rings is 1. The minimum absolute atomic E-state index is 0.0348. The first-order valence-corrected chi connectivity index (χ1v) is 11.2. The number of halogens is 1. The summed E-state index contributed by atoms with van der Waals surface area (Å²) in [6.07, 6.45) is 0.162. The predicted molar refractivity (Wildman–Crippen MR) is 132 cm³/mol. The van der Waals surface area contributed by atoms with E-state index in [0.717, 1.165) is 26.4 Å². The number of methoxy groups -OCH3 is 1. The van der Waals surface area contributed by atoms with Crippen LogP contribution >= 0.6 is 35.2 Å². The summed E-state index contributed by atoms with van der Waals surface area (Å²) in [7, 11) is 1.57. The van der Waals surface area contributed by atoms with Gasteiger partial charge in [0.05, 0.1) is 18.6 Å². The van der Waals surface area contributed by atoms with E-state index in [9.17, 15) is 9.59 Å². The van der Waals surface area contributed by atoms with Gasteiger partial charge >= 0.3 is 0 Å². The van der Waals surface area contributed by atoms with E-state index in [1.165, 1.54) is 11.3 Å². The fraction of sp³-hybridized carbons (Fsp3) is 0.0870. The highest BCUT2D eigenvalue weighted by molar-refractivity contribution is 7.80. The number of amides is 2. The van der Waals surface area contributed by atoms with E-state index in [2.05, 4.69) is 16.2 Å². The zero-order valence-corrected chi connectivity index (χ0v) is 19.3. The number of nitrogens with one attached hydrogen (secondary N) is 3. The van der Waals surface area contributed by atoms with Crippen molar-refractivity contribution in [2.24, 2.45) is 0 Å². The Labute approximate surface area is 198 Å². The second kappa shape index (κ2) is 9.52. The van der Waals surface area contributed by atoms with Crippen LogP contribution in [0.2, 0.25) is 5.02 Å². The van der Waals surface area contributed by atoms with Crippen LogP contribution in [0.5, 0.6) is 5.75 Å². The van der Waals surface area contributed by atoms with Crippen LogP contribution in [0, 0.1) is 0 Å². The van der Waals surface area contributed by atoms with Gasteiger partial charge in [-0.1, -0.05) is 54.1 Å². The first kappa shape index (κ1) is 22.0. The van der Waals surface area contributed by atoms with Crippen LogP contribution in [0.1, 0.15) is 15.2 Å². The van der Waals surface area contributed by atoms with Crippen LogP contribution in [0.4, 0.5) is 0 Å². The third kappa shape index (κ3) is 4.67. The minimum Gasteiger partial charge on any atom is -0.497 e. The number of hydrogen-bond acceptors (Lipinski definition) is 5. The number of thiocarbonyl (C=S) groups is 1. The molecule has 0 unspecified atom stereocenters. The van der Waals surface area contributed by atoms with Gasteiger partial charge in [-0.2, -0.15) is 0 Å². The molecule has 9 heteroatoms. The molecule has 1 aromatic heterocycles. The zero-order chi connectivity index (χ0) is 22.7. The summed E-state index contributed by atoms with van der Waals surface area (Å²) in [5.74, 6) is -0.0746. The van der Waals surface area contributed by atoms with Crippen molar-refractivity contribution in [3.05, 3.63) is 76.1 Å². The average molecular weight is 484 g/mol. The van der Waals surface area contributed by atoms with Gasteiger partial charge < -0.3 is 4.74 Å². The predicted octanol–water partition coefficient (Wildman–Crippen LogP) is 4.59. The average Bonchev–Trinajstić information content (AvgIpc) is 3.13. The molecule has 0 aliphatic heterocycles. The largest absolute Gasteiger partial charge is 0.497 e. The molecule has 0 bridgehead atoms. The van der Waals surface area contributed by atoms with Gasteiger partial charge in [0.15, 0.2) is 5.11 Å². The molecule has 4 rings (SSSR count). The van der Waals surface area contributed by atoms with E-state index in [4.69, 9.17) is 28.6 Å². The van der Waals surface area contributed by atoms with E-state index in [-0.39, 0.29) is 17.4 Å². The Kier molecular flexibility index (Phi) is 6.55. The fourth-order valence-electron chi connectivity index (χ4n) is 3.30. The van der Waals surface area contributed by atoms with E-state index in [1.807, 2.05) is 48.5 Å². The third-order valence-electron chi connectivity index (χ3n) is 4.82. The van der Waals surface area contributed by atoms with Crippen LogP contribution in [0.3, 0.4) is 0 Å². The van der Waals surface area contributed by atoms with Gasteiger partial charge in [0, 0.05) is 10.1 Å². The highest BCUT2D eigenvalue weighted by Crippen LogP contribution is 2.37. The zero-order valence-electron chi connectivity index (χ0n) is 16.9. The van der Waals surface area contributed by atoms with Crippen molar-refractivity contribution in [2.45, 2.75) is 6.42 Å². The Balaban J connectivity index is 1.36. The van der Waals surface area contributed by atoms with E-state index < -0.39 is 5.91 Å². The van der Waals surface area contributed by atoms with Crippen LogP contribution in [-0.4, -0.2) is 24.0 Å². The summed E-state index contributed by atoms with van der Waals surface area (Å²) in [5.41, 5.74) is 5.98. The Morgan fingerprint density at radius 2 is 1.81 bits per heavy atom. The molecule has 32 heavy (non-hydrogen) atoms. The van der Waals surface area contributed by atoms with Crippen molar-refractivity contribution in [1.29, 1.82) is 0 Å². The molecule has 162 valence electrons. The van der Waals surface area contributed by atoms with Gasteiger partial charge in [0.1, 0.15) is 10.6 Å². The molecular formula is C23H18ClN3O3S2. The number of benzene rings is 3. The highest BCUT2D eigenvalue weighted by Gasteiger charge is 2.18. The second-order valence-electron chi connectivity index (χ2n) is 6.88. The van der Waals surface area contributed by atoms with Crippen molar-refractivity contribution in [3.63, 3.8) is 0 Å². The third-order valence-corrected chi connectivity index (χ3v) is 6.68. The molecule has 0 atom stereocenters. The van der Waals surface area contributed by atoms with Gasteiger partial charge in [-0.15, -0.1) is 11.3 Å². The van der Waals surface area contributed by atoms with Crippen LogP contribution < -0.4 is 20.9 Å². The van der Waals surface area contributed by atoms with Crippen molar-refractivity contribution in [2.75, 3.05) is 7.11 Å². The first-order valence-electron chi connectivity index (χ1n) is 9.59. The number of fused-ring (bicyclic) bond motifs is 2.